The fourth-order valence-corrected chi connectivity index (χ4v) is 12.5. The number of quaternary nitrogens is 3. The molecule has 0 aromatic heterocycles. The highest BCUT2D eigenvalue weighted by molar-refractivity contribution is 4.57. The van der Waals surface area contributed by atoms with Gasteiger partial charge >= 0.3 is 0 Å². The molecule has 0 bridgehead atoms. The van der Waals surface area contributed by atoms with Crippen LogP contribution < -0.4 is 50.9 Å². The summed E-state index contributed by atoms with van der Waals surface area (Å²) in [6.45, 7) is 45.6. The second-order valence-corrected chi connectivity index (χ2v) is 25.4. The highest BCUT2D eigenvalue weighted by atomic mass is 79.9. The van der Waals surface area contributed by atoms with Gasteiger partial charge in [-0.3, -0.25) is 0 Å². The molecule has 0 heterocycles. The normalized spacial score (nSPS) is 11.5. The molecule has 0 radical (unpaired) electrons. The van der Waals surface area contributed by atoms with Gasteiger partial charge in [0.2, 0.25) is 0 Å². The van der Waals surface area contributed by atoms with E-state index in [4.69, 9.17) is 0 Å². The maximum atomic E-state index is 2.34. The third kappa shape index (κ3) is 61.9. The Morgan fingerprint density at radius 2 is 0.192 bits per heavy atom. The quantitative estimate of drug-likeness (QED) is 0.0421. The number of halogens is 3. The standard InChI is InChI=1S/3C24H52N.3BrH/c3*1-5-9-13-17-21-25(22-18-14-10-6-2,23-19-15-11-7-3)24-20-16-12-8-4;;;/h3*5-24H2,1-4H3;3*1H/q3*+1;;;/p-3. The first kappa shape index (κ1) is 90.5. The summed E-state index contributed by atoms with van der Waals surface area (Å²) in [6, 6.07) is 0. The monoisotopic (exact) mass is 1300 g/mol. The molecular weight excluding hydrogens is 1150 g/mol. The molecule has 0 saturated carbocycles. The van der Waals surface area contributed by atoms with Gasteiger partial charge in [-0.15, -0.1) is 0 Å². The number of unbranched alkanes of at least 4 members (excludes halogenated alkanes) is 36. The first-order chi connectivity index (χ1) is 36.7. The summed E-state index contributed by atoms with van der Waals surface area (Å²) < 4.78 is 4.38. The molecule has 0 amide bonds. The van der Waals surface area contributed by atoms with Crippen LogP contribution in [0.15, 0.2) is 0 Å². The Hall–Kier alpha value is 1.32. The molecule has 0 spiro atoms. The van der Waals surface area contributed by atoms with Crippen molar-refractivity contribution in [2.45, 2.75) is 391 Å². The van der Waals surface area contributed by atoms with Crippen molar-refractivity contribution in [2.75, 3.05) is 78.5 Å². The Labute approximate surface area is 530 Å². The van der Waals surface area contributed by atoms with Crippen LogP contribution in [-0.2, 0) is 0 Å². The first-order valence-corrected chi connectivity index (χ1v) is 36.3. The molecule has 480 valence electrons. The summed E-state index contributed by atoms with van der Waals surface area (Å²) in [5, 5.41) is 0. The van der Waals surface area contributed by atoms with E-state index >= 15 is 0 Å². The van der Waals surface area contributed by atoms with Crippen molar-refractivity contribution in [2.24, 2.45) is 0 Å². The molecule has 78 heavy (non-hydrogen) atoms. The van der Waals surface area contributed by atoms with Crippen LogP contribution in [0, 0.1) is 0 Å². The van der Waals surface area contributed by atoms with E-state index in [2.05, 4.69) is 83.1 Å². The molecule has 0 aliphatic heterocycles. The maximum Gasteiger partial charge on any atom is 0.0786 e. The van der Waals surface area contributed by atoms with Crippen LogP contribution in [0.4, 0.5) is 0 Å². The lowest BCUT2D eigenvalue weighted by Gasteiger charge is -2.39. The minimum absolute atomic E-state index is 0. The molecule has 0 aliphatic rings. The summed E-state index contributed by atoms with van der Waals surface area (Å²) in [6.07, 6.45) is 68.5. The molecule has 0 atom stereocenters. The van der Waals surface area contributed by atoms with Crippen LogP contribution in [-0.4, -0.2) is 92.0 Å². The number of hydrogen-bond donors (Lipinski definition) is 0. The Kier molecular flexibility index (Phi) is 86.4. The zero-order valence-corrected chi connectivity index (χ0v) is 61.7. The molecule has 0 aromatic carbocycles. The molecule has 0 fully saturated rings. The van der Waals surface area contributed by atoms with Gasteiger partial charge in [0.25, 0.3) is 0 Å². The molecule has 6 heteroatoms. The van der Waals surface area contributed by atoms with E-state index in [9.17, 15) is 0 Å². The van der Waals surface area contributed by atoms with Gasteiger partial charge in [0.15, 0.2) is 0 Å². The van der Waals surface area contributed by atoms with Crippen LogP contribution in [0.25, 0.3) is 0 Å². The fourth-order valence-electron chi connectivity index (χ4n) is 12.5. The van der Waals surface area contributed by atoms with Crippen molar-refractivity contribution in [3.63, 3.8) is 0 Å². The van der Waals surface area contributed by atoms with Gasteiger partial charge in [0.1, 0.15) is 0 Å². The van der Waals surface area contributed by atoms with Crippen LogP contribution in [0.2, 0.25) is 0 Å². The second-order valence-electron chi connectivity index (χ2n) is 25.4. The zero-order valence-electron chi connectivity index (χ0n) is 56.9. The van der Waals surface area contributed by atoms with Crippen molar-refractivity contribution < 1.29 is 64.4 Å². The minimum atomic E-state index is 0. The lowest BCUT2D eigenvalue weighted by molar-refractivity contribution is -0.929. The summed E-state index contributed by atoms with van der Waals surface area (Å²) in [7, 11) is 0. The van der Waals surface area contributed by atoms with Crippen LogP contribution in [0.1, 0.15) is 391 Å². The highest BCUT2D eigenvalue weighted by Crippen LogP contribution is 2.23. The smallest absolute Gasteiger partial charge is 0.0786 e. The highest BCUT2D eigenvalue weighted by Gasteiger charge is 2.28. The van der Waals surface area contributed by atoms with Gasteiger partial charge in [0.05, 0.1) is 78.5 Å². The van der Waals surface area contributed by atoms with E-state index in [0.29, 0.717) is 0 Å². The number of rotatable bonds is 60. The van der Waals surface area contributed by atoms with Gasteiger partial charge in [-0.2, -0.15) is 0 Å². The summed E-state index contributed by atoms with van der Waals surface area (Å²) in [5.74, 6) is 0. The van der Waals surface area contributed by atoms with E-state index in [0.717, 1.165) is 0 Å². The average Bonchev–Trinajstić information content (AvgIpc) is 3.42. The average molecular weight is 1300 g/mol. The molecular formula is C72H156Br3N3. The first-order valence-electron chi connectivity index (χ1n) is 36.3. The van der Waals surface area contributed by atoms with Crippen LogP contribution >= 0.6 is 0 Å². The predicted octanol–water partition coefficient (Wildman–Crippen LogP) is 15.4. The molecule has 0 N–H and O–H groups in total. The predicted molar refractivity (Wildman–Crippen MR) is 349 cm³/mol. The summed E-state index contributed by atoms with van der Waals surface area (Å²) in [5.41, 5.74) is 0. The van der Waals surface area contributed by atoms with E-state index in [1.807, 2.05) is 0 Å². The topological polar surface area (TPSA) is 0 Å². The second kappa shape index (κ2) is 74.4. The Morgan fingerprint density at radius 1 is 0.115 bits per heavy atom. The number of nitrogens with zero attached hydrogens (tertiary/aromatic N) is 3. The molecule has 0 rings (SSSR count). The minimum Gasteiger partial charge on any atom is -1.00 e. The molecule has 0 aliphatic carbocycles. The molecule has 0 saturated heterocycles. The van der Waals surface area contributed by atoms with Gasteiger partial charge in [-0.1, -0.05) is 237 Å². The van der Waals surface area contributed by atoms with Crippen LogP contribution in [0.5, 0.6) is 0 Å². The van der Waals surface area contributed by atoms with Crippen molar-refractivity contribution in [3.05, 3.63) is 0 Å². The number of hydrogen-bond acceptors (Lipinski definition) is 0. The lowest BCUT2D eigenvalue weighted by atomic mass is 10.1. The van der Waals surface area contributed by atoms with E-state index < -0.39 is 0 Å². The molecule has 0 aromatic rings. The fraction of sp³-hybridized carbons (Fsp3) is 1.00. The lowest BCUT2D eigenvalue weighted by Crippen LogP contribution is -3.00. The van der Waals surface area contributed by atoms with Gasteiger partial charge < -0.3 is 64.4 Å². The molecule has 0 unspecified atom stereocenters. The van der Waals surface area contributed by atoms with Crippen molar-refractivity contribution in [1.29, 1.82) is 0 Å². The summed E-state index contributed by atoms with van der Waals surface area (Å²) in [4.78, 5) is 0. The van der Waals surface area contributed by atoms with Crippen molar-refractivity contribution in [3.8, 4) is 0 Å². The largest absolute Gasteiger partial charge is 1.00 e. The van der Waals surface area contributed by atoms with Gasteiger partial charge in [-0.25, -0.2) is 0 Å². The van der Waals surface area contributed by atoms with E-state index in [1.54, 1.807) is 0 Å². The van der Waals surface area contributed by atoms with Crippen molar-refractivity contribution >= 4 is 0 Å². The molecule has 3 nitrogen and oxygen atoms in total. The maximum absolute atomic E-state index is 2.34. The Morgan fingerprint density at radius 3 is 0.256 bits per heavy atom. The summed E-state index contributed by atoms with van der Waals surface area (Å²) >= 11 is 0. The van der Waals surface area contributed by atoms with Crippen molar-refractivity contribution in [1.82, 2.24) is 0 Å². The zero-order chi connectivity index (χ0) is 55.9. The van der Waals surface area contributed by atoms with E-state index in [-0.39, 0.29) is 50.9 Å². The van der Waals surface area contributed by atoms with Gasteiger partial charge in [-0.05, 0) is 154 Å². The Bertz CT molecular complexity index is 727. The SMILES string of the molecule is CCCCCC[N+](CCCCCC)(CCCCCC)CCCCCC.CCCCCC[N+](CCCCCC)(CCCCCC)CCCCCC.CCCCCC[N+](CCCCCC)(CCCCCC)CCCCCC.[Br-].[Br-].[Br-]. The third-order valence-corrected chi connectivity index (χ3v) is 17.8. The van der Waals surface area contributed by atoms with Crippen LogP contribution in [0.3, 0.4) is 0 Å². The van der Waals surface area contributed by atoms with Gasteiger partial charge in [0, 0.05) is 0 Å². The van der Waals surface area contributed by atoms with E-state index in [1.165, 1.54) is 400 Å². The Balaban J connectivity index is -0.000000245. The third-order valence-electron chi connectivity index (χ3n) is 17.8.